The fourth-order valence-corrected chi connectivity index (χ4v) is 2.10. The maximum absolute atomic E-state index is 11.9. The molecule has 21 heavy (non-hydrogen) atoms. The first-order chi connectivity index (χ1) is 9.90. The topological polar surface area (TPSA) is 107 Å². The largest absolute Gasteiger partial charge is 0.481 e. The number of aliphatic carboxylic acids is 1. The van der Waals surface area contributed by atoms with Gasteiger partial charge in [0.25, 0.3) is 0 Å². The van der Waals surface area contributed by atoms with Crippen molar-refractivity contribution in [2.75, 3.05) is 26.2 Å². The molecule has 118 valence electrons. The van der Waals surface area contributed by atoms with Gasteiger partial charge in [-0.2, -0.15) is 0 Å². The number of imide groups is 1. The molecule has 0 aromatic rings. The van der Waals surface area contributed by atoms with Gasteiger partial charge in [0, 0.05) is 45.9 Å². The van der Waals surface area contributed by atoms with Crippen molar-refractivity contribution < 1.29 is 24.3 Å². The fourth-order valence-electron chi connectivity index (χ4n) is 2.10. The second-order valence-corrected chi connectivity index (χ2v) is 4.95. The van der Waals surface area contributed by atoms with Crippen LogP contribution in [0.4, 0.5) is 4.79 Å². The molecule has 1 saturated heterocycles. The molecule has 0 spiro atoms. The van der Waals surface area contributed by atoms with Crippen LogP contribution >= 0.6 is 0 Å². The Morgan fingerprint density at radius 3 is 2.24 bits per heavy atom. The first-order valence-electron chi connectivity index (χ1n) is 6.96. The van der Waals surface area contributed by atoms with Crippen LogP contribution in [0, 0.1) is 0 Å². The van der Waals surface area contributed by atoms with Gasteiger partial charge in [0.2, 0.25) is 11.8 Å². The van der Waals surface area contributed by atoms with Gasteiger partial charge in [-0.15, -0.1) is 0 Å². The Balaban J connectivity index is 2.36. The smallest absolute Gasteiger partial charge is 0.324 e. The second-order valence-electron chi connectivity index (χ2n) is 4.95. The Morgan fingerprint density at radius 1 is 1.00 bits per heavy atom. The van der Waals surface area contributed by atoms with Crippen LogP contribution in [0.2, 0.25) is 0 Å². The average molecular weight is 299 g/mol. The summed E-state index contributed by atoms with van der Waals surface area (Å²) in [4.78, 5) is 48.2. The molecule has 0 aromatic heterocycles. The molecular weight excluding hydrogens is 278 g/mol. The van der Waals surface area contributed by atoms with Gasteiger partial charge in [-0.25, -0.2) is 4.79 Å². The molecule has 0 atom stereocenters. The lowest BCUT2D eigenvalue weighted by Crippen LogP contribution is -2.44. The molecule has 0 saturated carbocycles. The zero-order chi connectivity index (χ0) is 15.8. The number of hydrogen-bond donors (Lipinski definition) is 2. The molecule has 8 nitrogen and oxygen atoms in total. The molecule has 1 fully saturated rings. The standard InChI is InChI=1S/C13H21N3O5/c1-10(17)15-6-3-7-16(9-8-15)13(21)14-11(18)4-2-5-12(19)20/h2-9H2,1H3,(H,19,20)(H,14,18,21). The van der Waals surface area contributed by atoms with Crippen LogP contribution in [0.1, 0.15) is 32.6 Å². The van der Waals surface area contributed by atoms with E-state index in [1.807, 2.05) is 0 Å². The van der Waals surface area contributed by atoms with Crippen LogP contribution < -0.4 is 5.32 Å². The Labute approximate surface area is 123 Å². The molecule has 2 N–H and O–H groups in total. The van der Waals surface area contributed by atoms with Gasteiger partial charge < -0.3 is 14.9 Å². The van der Waals surface area contributed by atoms with E-state index < -0.39 is 17.9 Å². The van der Waals surface area contributed by atoms with Gasteiger partial charge >= 0.3 is 12.0 Å². The van der Waals surface area contributed by atoms with Crippen LogP contribution in [0.25, 0.3) is 0 Å². The van der Waals surface area contributed by atoms with Gasteiger partial charge in [0.15, 0.2) is 0 Å². The number of carbonyl (C=O) groups is 4. The molecule has 0 radical (unpaired) electrons. The summed E-state index contributed by atoms with van der Waals surface area (Å²) in [6, 6.07) is -0.485. The van der Waals surface area contributed by atoms with Crippen molar-refractivity contribution in [2.45, 2.75) is 32.6 Å². The van der Waals surface area contributed by atoms with Gasteiger partial charge in [-0.1, -0.05) is 0 Å². The first-order valence-corrected chi connectivity index (χ1v) is 6.96. The van der Waals surface area contributed by atoms with Crippen molar-refractivity contribution in [3.05, 3.63) is 0 Å². The minimum absolute atomic E-state index is 0.00541. The highest BCUT2D eigenvalue weighted by atomic mass is 16.4. The molecule has 1 aliphatic rings. The monoisotopic (exact) mass is 299 g/mol. The van der Waals surface area contributed by atoms with E-state index in [1.54, 1.807) is 4.90 Å². The Kier molecular flexibility index (Phi) is 6.64. The molecule has 0 aromatic carbocycles. The molecular formula is C13H21N3O5. The summed E-state index contributed by atoms with van der Waals surface area (Å²) in [7, 11) is 0. The minimum Gasteiger partial charge on any atom is -0.481 e. The maximum Gasteiger partial charge on any atom is 0.324 e. The molecule has 1 rings (SSSR count). The summed E-state index contributed by atoms with van der Waals surface area (Å²) in [5, 5.41) is 10.7. The average Bonchev–Trinajstić information content (AvgIpc) is 2.63. The number of nitrogens with one attached hydrogen (secondary N) is 1. The molecule has 0 aliphatic carbocycles. The van der Waals surface area contributed by atoms with Crippen LogP contribution in [-0.2, 0) is 14.4 Å². The van der Waals surface area contributed by atoms with Gasteiger partial charge in [0.1, 0.15) is 0 Å². The Bertz CT molecular complexity index is 424. The number of urea groups is 1. The zero-order valence-electron chi connectivity index (χ0n) is 12.1. The number of amides is 4. The predicted octanol–water partition coefficient (Wildman–Crippen LogP) is 0.0317. The van der Waals surface area contributed by atoms with E-state index in [-0.39, 0.29) is 25.2 Å². The number of hydrogen-bond acceptors (Lipinski definition) is 4. The van der Waals surface area contributed by atoms with E-state index in [9.17, 15) is 19.2 Å². The summed E-state index contributed by atoms with van der Waals surface area (Å²) in [5.41, 5.74) is 0. The van der Waals surface area contributed by atoms with E-state index in [2.05, 4.69) is 5.32 Å². The molecule has 4 amide bonds. The van der Waals surface area contributed by atoms with Crippen LogP contribution in [0.3, 0.4) is 0 Å². The van der Waals surface area contributed by atoms with Crippen molar-refractivity contribution in [1.82, 2.24) is 15.1 Å². The van der Waals surface area contributed by atoms with Crippen molar-refractivity contribution in [1.29, 1.82) is 0 Å². The third-order valence-corrected chi connectivity index (χ3v) is 3.27. The Morgan fingerprint density at radius 2 is 1.62 bits per heavy atom. The normalized spacial score (nSPS) is 15.3. The molecule has 1 heterocycles. The van der Waals surface area contributed by atoms with Crippen molar-refractivity contribution in [3.8, 4) is 0 Å². The van der Waals surface area contributed by atoms with Crippen molar-refractivity contribution in [3.63, 3.8) is 0 Å². The lowest BCUT2D eigenvalue weighted by Gasteiger charge is -2.21. The summed E-state index contributed by atoms with van der Waals surface area (Å²) in [6.45, 7) is 3.41. The quantitative estimate of drug-likeness (QED) is 0.761. The fraction of sp³-hybridized carbons (Fsp3) is 0.692. The highest BCUT2D eigenvalue weighted by Gasteiger charge is 2.21. The highest BCUT2D eigenvalue weighted by Crippen LogP contribution is 2.04. The zero-order valence-corrected chi connectivity index (χ0v) is 12.1. The van der Waals surface area contributed by atoms with Crippen LogP contribution in [0.15, 0.2) is 0 Å². The number of carbonyl (C=O) groups excluding carboxylic acids is 3. The van der Waals surface area contributed by atoms with E-state index in [0.717, 1.165) is 0 Å². The van der Waals surface area contributed by atoms with E-state index in [0.29, 0.717) is 32.6 Å². The minimum atomic E-state index is -0.967. The highest BCUT2D eigenvalue weighted by molar-refractivity contribution is 5.94. The lowest BCUT2D eigenvalue weighted by molar-refractivity contribution is -0.137. The SMILES string of the molecule is CC(=O)N1CCCN(C(=O)NC(=O)CCCC(=O)O)CC1. The van der Waals surface area contributed by atoms with Crippen LogP contribution in [0.5, 0.6) is 0 Å². The molecule has 0 unspecified atom stereocenters. The second kappa shape index (κ2) is 8.23. The Hall–Kier alpha value is -2.12. The number of carboxylic acids is 1. The van der Waals surface area contributed by atoms with Gasteiger partial charge in [-0.3, -0.25) is 19.7 Å². The summed E-state index contributed by atoms with van der Waals surface area (Å²) < 4.78 is 0. The molecule has 0 bridgehead atoms. The lowest BCUT2D eigenvalue weighted by atomic mass is 10.2. The predicted molar refractivity (Wildman–Crippen MR) is 73.5 cm³/mol. The van der Waals surface area contributed by atoms with E-state index in [1.165, 1.54) is 11.8 Å². The van der Waals surface area contributed by atoms with Crippen LogP contribution in [-0.4, -0.2) is 64.9 Å². The van der Waals surface area contributed by atoms with Gasteiger partial charge in [-0.05, 0) is 12.8 Å². The first kappa shape index (κ1) is 16.9. The summed E-state index contributed by atoms with van der Waals surface area (Å²) in [6.07, 6.45) is 0.775. The maximum atomic E-state index is 11.9. The third kappa shape index (κ3) is 6.24. The molecule has 1 aliphatic heterocycles. The third-order valence-electron chi connectivity index (χ3n) is 3.27. The van der Waals surface area contributed by atoms with E-state index in [4.69, 9.17) is 5.11 Å². The molecule has 8 heteroatoms. The summed E-state index contributed by atoms with van der Waals surface area (Å²) >= 11 is 0. The number of carboxylic acid groups (broad SMARTS) is 1. The van der Waals surface area contributed by atoms with Crippen molar-refractivity contribution >= 4 is 23.8 Å². The summed E-state index contributed by atoms with van der Waals surface area (Å²) in [5.74, 6) is -1.47. The van der Waals surface area contributed by atoms with E-state index >= 15 is 0 Å². The van der Waals surface area contributed by atoms with Gasteiger partial charge in [0.05, 0.1) is 0 Å². The number of nitrogens with zero attached hydrogens (tertiary/aromatic N) is 2. The van der Waals surface area contributed by atoms with Crippen molar-refractivity contribution in [2.24, 2.45) is 0 Å². The number of rotatable bonds is 4.